The minimum atomic E-state index is -3.17. The summed E-state index contributed by atoms with van der Waals surface area (Å²) in [6, 6.07) is 0. The number of rotatable bonds is 2. The van der Waals surface area contributed by atoms with E-state index in [0.717, 1.165) is 0 Å². The minimum Gasteiger partial charge on any atom is -0.563 e. The second kappa shape index (κ2) is 3.13. The molecule has 7 heteroatoms. The Morgan fingerprint density at radius 2 is 2.00 bits per heavy atom. The van der Waals surface area contributed by atoms with Crippen LogP contribution in [0.4, 0.5) is 0 Å². The molecule has 0 aliphatic carbocycles. The summed E-state index contributed by atoms with van der Waals surface area (Å²) < 4.78 is 21.9. The first-order chi connectivity index (χ1) is 3.13. The van der Waals surface area contributed by atoms with Gasteiger partial charge in [0, 0.05) is 4.57 Å². The van der Waals surface area contributed by atoms with Gasteiger partial charge in [0.15, 0.2) is 0 Å². The number of hydrogen-bond acceptors (Lipinski definition) is 4. The van der Waals surface area contributed by atoms with Crippen LogP contribution < -0.4 is 4.89 Å². The highest BCUT2D eigenvalue weighted by molar-refractivity contribution is 7.45. The molecule has 7 heavy (non-hydrogen) atoms. The molecule has 0 heterocycles. The molecule has 40 valence electrons. The lowest BCUT2D eigenvalue weighted by Gasteiger charge is -1.63. The molecule has 0 aromatic heterocycles. The molecule has 5 nitrogen and oxygen atoms in total. The van der Waals surface area contributed by atoms with Gasteiger partial charge in [-0.3, -0.25) is 0 Å². The van der Waals surface area contributed by atoms with Crippen LogP contribution in [-0.4, -0.2) is 4.89 Å². The molecule has 0 radical (unpaired) electrons. The highest BCUT2D eigenvalue weighted by atomic mass is 31.2. The summed E-state index contributed by atoms with van der Waals surface area (Å²) in [6.07, 6.45) is 0. The third-order valence-corrected chi connectivity index (χ3v) is 1.23. The average molecular weight is 143 g/mol. The van der Waals surface area contributed by atoms with Crippen molar-refractivity contribution in [2.45, 2.75) is 0 Å². The predicted octanol–water partition coefficient (Wildman–Crippen LogP) is -0.330. The van der Waals surface area contributed by atoms with Gasteiger partial charge in [-0.15, -0.1) is 4.89 Å². The second-order valence-corrected chi connectivity index (χ2v) is 2.12. The van der Waals surface area contributed by atoms with Gasteiger partial charge in [-0.25, -0.2) is 0 Å². The fourth-order valence-electron chi connectivity index (χ4n) is 0.0570. The monoisotopic (exact) mass is 143 g/mol. The van der Waals surface area contributed by atoms with Crippen molar-refractivity contribution in [1.29, 1.82) is 0 Å². The molecule has 0 aromatic rings. The summed E-state index contributed by atoms with van der Waals surface area (Å²) in [5, 5.41) is 0. The third kappa shape index (κ3) is 6.08. The molecule has 0 aliphatic heterocycles. The molecule has 0 rings (SSSR count). The molecule has 2 atom stereocenters. The van der Waals surface area contributed by atoms with Crippen LogP contribution >= 0.6 is 16.5 Å². The Morgan fingerprint density at radius 3 is 2.00 bits per heavy atom. The molecular weight excluding hydrogens is 142 g/mol. The normalized spacial score (nSPS) is 13.4. The van der Waals surface area contributed by atoms with E-state index in [1.807, 2.05) is 0 Å². The lowest BCUT2D eigenvalue weighted by Crippen LogP contribution is -1.83. The molecule has 0 aliphatic rings. The summed E-state index contributed by atoms with van der Waals surface area (Å²) in [4.78, 5) is 16.9. The SMILES string of the molecule is O=[P+]([O-])O[P+](=O)O. The largest absolute Gasteiger partial charge is 0.741 e. The van der Waals surface area contributed by atoms with E-state index in [1.54, 1.807) is 0 Å². The maximum atomic E-state index is 9.35. The van der Waals surface area contributed by atoms with Crippen molar-refractivity contribution in [2.75, 3.05) is 0 Å². The first kappa shape index (κ1) is 7.08. The zero-order chi connectivity index (χ0) is 5.86. The van der Waals surface area contributed by atoms with Gasteiger partial charge >= 0.3 is 16.5 Å². The van der Waals surface area contributed by atoms with E-state index in [9.17, 15) is 14.0 Å². The van der Waals surface area contributed by atoms with Crippen LogP contribution in [-0.2, 0) is 13.4 Å². The fourth-order valence-corrected chi connectivity index (χ4v) is 0.513. The maximum Gasteiger partial charge on any atom is 0.741 e. The second-order valence-electron chi connectivity index (χ2n) is 0.543. The summed E-state index contributed by atoms with van der Waals surface area (Å²) in [7, 11) is -6.16. The van der Waals surface area contributed by atoms with Crippen LogP contribution in [0.15, 0.2) is 0 Å². The van der Waals surface area contributed by atoms with Crippen molar-refractivity contribution in [3.8, 4) is 0 Å². The molecule has 0 aromatic carbocycles. The molecular formula is HO5P2+. The zero-order valence-electron chi connectivity index (χ0n) is 2.97. The standard InChI is InChI=1S/O5P2/c1-6(2)5-7(3)4/p+1. The highest BCUT2D eigenvalue weighted by Gasteiger charge is 2.23. The van der Waals surface area contributed by atoms with E-state index >= 15 is 0 Å². The van der Waals surface area contributed by atoms with Gasteiger partial charge in [0.1, 0.15) is 4.31 Å². The quantitative estimate of drug-likeness (QED) is 0.534. The van der Waals surface area contributed by atoms with Crippen LogP contribution in [0.25, 0.3) is 0 Å². The summed E-state index contributed by atoms with van der Waals surface area (Å²) in [5.41, 5.74) is 0. The van der Waals surface area contributed by atoms with Crippen LogP contribution in [0.2, 0.25) is 0 Å². The summed E-state index contributed by atoms with van der Waals surface area (Å²) in [6.45, 7) is 0. The first-order valence-electron chi connectivity index (χ1n) is 1.11. The van der Waals surface area contributed by atoms with E-state index in [-0.39, 0.29) is 0 Å². The molecule has 2 unspecified atom stereocenters. The number of hydrogen-bond donors (Lipinski definition) is 1. The molecule has 1 N–H and O–H groups in total. The van der Waals surface area contributed by atoms with Crippen LogP contribution in [0.5, 0.6) is 0 Å². The molecule has 0 amide bonds. The van der Waals surface area contributed by atoms with Crippen molar-refractivity contribution >= 4 is 16.5 Å². The summed E-state index contributed by atoms with van der Waals surface area (Å²) >= 11 is 0. The van der Waals surface area contributed by atoms with E-state index in [4.69, 9.17) is 4.89 Å². The van der Waals surface area contributed by atoms with Crippen LogP contribution in [0.1, 0.15) is 0 Å². The Labute approximate surface area is 40.8 Å². The minimum absolute atomic E-state index is 2.99. The lowest BCUT2D eigenvalue weighted by atomic mass is 15.8. The van der Waals surface area contributed by atoms with E-state index in [0.29, 0.717) is 0 Å². The van der Waals surface area contributed by atoms with Gasteiger partial charge in [-0.1, -0.05) is 0 Å². The van der Waals surface area contributed by atoms with Crippen molar-refractivity contribution in [2.24, 2.45) is 0 Å². The Hall–Kier alpha value is 0.0800. The molecule has 0 saturated carbocycles. The van der Waals surface area contributed by atoms with Crippen molar-refractivity contribution in [3.05, 3.63) is 0 Å². The highest BCUT2D eigenvalue weighted by Crippen LogP contribution is 2.27. The Kier molecular flexibility index (Phi) is 3.17. The third-order valence-electron chi connectivity index (χ3n) is 0.137. The van der Waals surface area contributed by atoms with Gasteiger partial charge in [0.05, 0.1) is 0 Å². The van der Waals surface area contributed by atoms with Gasteiger partial charge in [-0.2, -0.15) is 0 Å². The smallest absolute Gasteiger partial charge is 0.563 e. The van der Waals surface area contributed by atoms with Gasteiger partial charge in [0.2, 0.25) is 0 Å². The topological polar surface area (TPSA) is 86.7 Å². The zero-order valence-corrected chi connectivity index (χ0v) is 4.76. The Balaban J connectivity index is 3.32. The molecule has 0 bridgehead atoms. The lowest BCUT2D eigenvalue weighted by molar-refractivity contribution is -0.178. The van der Waals surface area contributed by atoms with Crippen LogP contribution in [0.3, 0.4) is 0 Å². The maximum absolute atomic E-state index is 9.35. The van der Waals surface area contributed by atoms with Crippen molar-refractivity contribution < 1.29 is 23.2 Å². The molecule has 0 spiro atoms. The van der Waals surface area contributed by atoms with Gasteiger partial charge < -0.3 is 4.89 Å². The Morgan fingerprint density at radius 1 is 1.57 bits per heavy atom. The Bertz CT molecular complexity index is 82.3. The van der Waals surface area contributed by atoms with Crippen molar-refractivity contribution in [3.63, 3.8) is 0 Å². The molecule has 0 saturated heterocycles. The average Bonchev–Trinajstić information content (AvgIpc) is 1.27. The van der Waals surface area contributed by atoms with E-state index < -0.39 is 16.5 Å². The fraction of sp³-hybridized carbons (Fsp3) is 0. The van der Waals surface area contributed by atoms with E-state index in [1.165, 1.54) is 0 Å². The predicted molar refractivity (Wildman–Crippen MR) is 18.5 cm³/mol. The first-order valence-corrected chi connectivity index (χ1v) is 3.34. The summed E-state index contributed by atoms with van der Waals surface area (Å²) in [5.74, 6) is 0. The molecule has 0 fully saturated rings. The van der Waals surface area contributed by atoms with Gasteiger partial charge in [0.25, 0.3) is 0 Å². The van der Waals surface area contributed by atoms with Crippen LogP contribution in [0, 0.1) is 0 Å². The van der Waals surface area contributed by atoms with E-state index in [2.05, 4.69) is 4.31 Å². The van der Waals surface area contributed by atoms with Crippen molar-refractivity contribution in [1.82, 2.24) is 0 Å². The van der Waals surface area contributed by atoms with Gasteiger partial charge in [-0.05, 0) is 4.57 Å².